The van der Waals surface area contributed by atoms with Gasteiger partial charge in [0, 0.05) is 0 Å². The van der Waals surface area contributed by atoms with Crippen LogP contribution in [0.2, 0.25) is 26.2 Å². The molecule has 0 bridgehead atoms. The molecule has 2 aromatic carbocycles. The molecule has 0 saturated carbocycles. The van der Waals surface area contributed by atoms with E-state index in [1.54, 1.807) is 56.5 Å². The average Bonchev–Trinajstić information content (AvgIpc) is 2.58. The Labute approximate surface area is 173 Å². The van der Waals surface area contributed by atoms with Crippen LogP contribution in [0.4, 0.5) is 26.3 Å². The standard InChI is InChI=1S/C18H20F6O3Si3/c1-28(2)25-29(3,4)27-30(26-28,15-8-6-5-7-9-15)16-11-13(17(19,20)21)10-14(12-16)18(22,23)24/h5-12H,1-4H3. The molecule has 0 N–H and O–H groups in total. The first kappa shape index (κ1) is 23.2. The van der Waals surface area contributed by atoms with E-state index < -0.39 is 49.2 Å². The fourth-order valence-corrected chi connectivity index (χ4v) is 19.0. The maximum atomic E-state index is 13.5. The van der Waals surface area contributed by atoms with Crippen LogP contribution in [0.5, 0.6) is 0 Å². The third-order valence-electron chi connectivity index (χ3n) is 4.39. The summed E-state index contributed by atoms with van der Waals surface area (Å²) in [6.45, 7) is 6.86. The molecule has 0 atom stereocenters. The van der Waals surface area contributed by atoms with E-state index in [0.29, 0.717) is 5.19 Å². The van der Waals surface area contributed by atoms with E-state index in [9.17, 15) is 26.3 Å². The fourth-order valence-electron chi connectivity index (χ4n) is 3.55. The number of benzene rings is 2. The quantitative estimate of drug-likeness (QED) is 0.457. The van der Waals surface area contributed by atoms with Gasteiger partial charge in [0.2, 0.25) is 0 Å². The minimum Gasteiger partial charge on any atom is -0.416 e. The number of hydrogen-bond donors (Lipinski definition) is 0. The van der Waals surface area contributed by atoms with Crippen molar-refractivity contribution in [2.24, 2.45) is 0 Å². The zero-order chi connectivity index (χ0) is 22.6. The predicted octanol–water partition coefficient (Wildman–Crippen LogP) is 4.75. The number of hydrogen-bond acceptors (Lipinski definition) is 3. The van der Waals surface area contributed by atoms with E-state index in [4.69, 9.17) is 12.3 Å². The van der Waals surface area contributed by atoms with E-state index in [2.05, 4.69) is 0 Å². The lowest BCUT2D eigenvalue weighted by atomic mass is 10.1. The summed E-state index contributed by atoms with van der Waals surface area (Å²) in [5, 5.41) is 0.196. The van der Waals surface area contributed by atoms with Gasteiger partial charge in [-0.3, -0.25) is 0 Å². The van der Waals surface area contributed by atoms with Crippen molar-refractivity contribution in [1.82, 2.24) is 0 Å². The Morgan fingerprint density at radius 1 is 0.600 bits per heavy atom. The van der Waals surface area contributed by atoms with Crippen molar-refractivity contribution in [3.8, 4) is 0 Å². The summed E-state index contributed by atoms with van der Waals surface area (Å²) >= 11 is 0. The summed E-state index contributed by atoms with van der Waals surface area (Å²) in [5.41, 5.74) is -2.79. The predicted molar refractivity (Wildman–Crippen MR) is 106 cm³/mol. The van der Waals surface area contributed by atoms with E-state index >= 15 is 0 Å². The highest BCUT2D eigenvalue weighted by Gasteiger charge is 2.58. The zero-order valence-electron chi connectivity index (χ0n) is 16.6. The molecule has 0 unspecified atom stereocenters. The van der Waals surface area contributed by atoms with E-state index in [-0.39, 0.29) is 11.3 Å². The van der Waals surface area contributed by atoms with Crippen LogP contribution in [0.25, 0.3) is 0 Å². The van der Waals surface area contributed by atoms with Crippen molar-refractivity contribution in [2.75, 3.05) is 0 Å². The molecule has 164 valence electrons. The summed E-state index contributed by atoms with van der Waals surface area (Å²) in [4.78, 5) is 0. The number of alkyl halides is 6. The molecule has 1 fully saturated rings. The molecule has 3 nitrogen and oxygen atoms in total. The topological polar surface area (TPSA) is 27.7 Å². The Bertz CT molecular complexity index is 881. The molecule has 0 radical (unpaired) electrons. The van der Waals surface area contributed by atoms with E-state index in [0.717, 1.165) is 12.1 Å². The lowest BCUT2D eigenvalue weighted by Gasteiger charge is -2.49. The molecule has 0 aliphatic carbocycles. The lowest BCUT2D eigenvalue weighted by Crippen LogP contribution is -2.76. The first-order valence-electron chi connectivity index (χ1n) is 9.00. The van der Waals surface area contributed by atoms with Crippen LogP contribution in [0.15, 0.2) is 48.5 Å². The van der Waals surface area contributed by atoms with Gasteiger partial charge in [0.15, 0.2) is 0 Å². The van der Waals surface area contributed by atoms with Gasteiger partial charge in [0.1, 0.15) is 0 Å². The Balaban J connectivity index is 2.36. The minimum atomic E-state index is -4.96. The van der Waals surface area contributed by atoms with Crippen LogP contribution in [0.3, 0.4) is 0 Å². The molecule has 12 heteroatoms. The highest BCUT2D eigenvalue weighted by atomic mass is 28.5. The van der Waals surface area contributed by atoms with E-state index in [1.807, 2.05) is 0 Å². The summed E-state index contributed by atoms with van der Waals surface area (Å²) in [6.07, 6.45) is -9.93. The smallest absolute Gasteiger partial charge is 0.416 e. The molecule has 1 heterocycles. The molecule has 1 saturated heterocycles. The maximum absolute atomic E-state index is 13.5. The van der Waals surface area contributed by atoms with Crippen molar-refractivity contribution >= 4 is 36.1 Å². The molecule has 1 aliphatic heterocycles. The maximum Gasteiger partial charge on any atom is 0.416 e. The second-order valence-electron chi connectivity index (χ2n) is 7.88. The summed E-state index contributed by atoms with van der Waals surface area (Å²) < 4.78 is 99.4. The molecule has 30 heavy (non-hydrogen) atoms. The molecule has 0 amide bonds. The fraction of sp³-hybridized carbons (Fsp3) is 0.333. The first-order chi connectivity index (χ1) is 13.5. The Kier molecular flexibility index (Phi) is 5.66. The molecular formula is C18H20F6O3Si3. The van der Waals surface area contributed by atoms with Crippen LogP contribution in [0, 0.1) is 0 Å². The lowest BCUT2D eigenvalue weighted by molar-refractivity contribution is -0.142. The molecule has 0 spiro atoms. The molecule has 1 aliphatic rings. The van der Waals surface area contributed by atoms with Crippen molar-refractivity contribution in [2.45, 2.75) is 38.5 Å². The molecular weight excluding hydrogens is 462 g/mol. The van der Waals surface area contributed by atoms with Gasteiger partial charge in [0.05, 0.1) is 11.1 Å². The second kappa shape index (κ2) is 7.31. The van der Waals surface area contributed by atoms with Gasteiger partial charge in [0.25, 0.3) is 0 Å². The average molecular weight is 483 g/mol. The van der Waals surface area contributed by atoms with Crippen LogP contribution in [0.1, 0.15) is 11.1 Å². The number of rotatable bonds is 2. The van der Waals surface area contributed by atoms with Crippen LogP contribution in [-0.4, -0.2) is 25.7 Å². The van der Waals surface area contributed by atoms with Crippen molar-refractivity contribution in [1.29, 1.82) is 0 Å². The van der Waals surface area contributed by atoms with Gasteiger partial charge in [-0.15, -0.1) is 0 Å². The summed E-state index contributed by atoms with van der Waals surface area (Å²) in [5.74, 6) is 0. The highest BCUT2D eigenvalue weighted by molar-refractivity contribution is 7.04. The Morgan fingerprint density at radius 3 is 1.43 bits per heavy atom. The van der Waals surface area contributed by atoms with Crippen LogP contribution in [-0.2, 0) is 24.7 Å². The Morgan fingerprint density at radius 2 is 1.03 bits per heavy atom. The largest absolute Gasteiger partial charge is 0.416 e. The van der Waals surface area contributed by atoms with Gasteiger partial charge in [-0.2, -0.15) is 26.3 Å². The van der Waals surface area contributed by atoms with Crippen molar-refractivity contribution < 1.29 is 38.7 Å². The van der Waals surface area contributed by atoms with Gasteiger partial charge in [-0.1, -0.05) is 30.3 Å². The van der Waals surface area contributed by atoms with Crippen molar-refractivity contribution in [3.63, 3.8) is 0 Å². The van der Waals surface area contributed by atoms with Gasteiger partial charge < -0.3 is 12.3 Å². The number of halogens is 6. The normalized spacial score (nSPS) is 20.7. The second-order valence-corrected chi connectivity index (χ2v) is 18.3. The molecule has 0 aromatic heterocycles. The summed E-state index contributed by atoms with van der Waals surface area (Å²) in [6, 6.07) is 9.76. The SMILES string of the molecule is C[Si]1(C)O[Si](C)(C)O[Si](c2ccccc2)(c2cc(C(F)(F)F)cc(C(F)(F)F)c2)O1. The van der Waals surface area contributed by atoms with Gasteiger partial charge in [-0.05, 0) is 54.8 Å². The van der Waals surface area contributed by atoms with Gasteiger partial charge >= 0.3 is 38.0 Å². The monoisotopic (exact) mass is 482 g/mol. The van der Waals surface area contributed by atoms with Crippen LogP contribution < -0.4 is 10.4 Å². The van der Waals surface area contributed by atoms with Crippen LogP contribution >= 0.6 is 0 Å². The Hall–Kier alpha value is -1.45. The molecule has 3 rings (SSSR count). The third kappa shape index (κ3) is 4.73. The summed E-state index contributed by atoms with van der Waals surface area (Å²) in [7, 11) is -9.76. The zero-order valence-corrected chi connectivity index (χ0v) is 19.6. The molecule has 2 aromatic rings. The third-order valence-corrected chi connectivity index (χ3v) is 16.7. The first-order valence-corrected chi connectivity index (χ1v) is 16.5. The van der Waals surface area contributed by atoms with Gasteiger partial charge in [-0.25, -0.2) is 0 Å². The van der Waals surface area contributed by atoms with Crippen molar-refractivity contribution in [3.05, 3.63) is 59.7 Å². The van der Waals surface area contributed by atoms with E-state index in [1.165, 1.54) is 0 Å². The minimum absolute atomic E-state index is 0.112. The highest BCUT2D eigenvalue weighted by Crippen LogP contribution is 2.37.